The largest absolute Gasteiger partial charge is 2.00 e. The van der Waals surface area contributed by atoms with Crippen molar-refractivity contribution in [2.75, 3.05) is 14.1 Å². The Bertz CT molecular complexity index is 4550. The van der Waals surface area contributed by atoms with Gasteiger partial charge < -0.3 is 20.4 Å². The molecule has 12 aromatic rings. The molecule has 6 aromatic carbocycles. The first-order valence-electron chi connectivity index (χ1n) is 28.5. The van der Waals surface area contributed by atoms with Crippen molar-refractivity contribution < 1.29 is 60.4 Å². The maximum absolute atomic E-state index is 4.70. The zero-order valence-corrected chi connectivity index (χ0v) is 51.8. The van der Waals surface area contributed by atoms with Crippen molar-refractivity contribution in [3.05, 3.63) is 347 Å². The molecule has 6 aromatic heterocycles. The van der Waals surface area contributed by atoms with Gasteiger partial charge >= 0.3 is 54.1 Å². The van der Waals surface area contributed by atoms with Crippen molar-refractivity contribution >= 4 is 12.0 Å². The van der Waals surface area contributed by atoms with Gasteiger partial charge in [-0.2, -0.15) is 60.9 Å². The van der Waals surface area contributed by atoms with Crippen molar-refractivity contribution in [2.24, 2.45) is 0 Å². The average molecular weight is 1500 g/mol. The summed E-state index contributed by atoms with van der Waals surface area (Å²) >= 11 is 0. The molecule has 12 nitrogen and oxygen atoms in total. The maximum Gasteiger partial charge on any atom is 2.00 e. The monoisotopic (exact) mass is 1490 g/mol. The molecule has 14 heteroatoms. The van der Waals surface area contributed by atoms with Crippen LogP contribution >= 0.6 is 0 Å². The Labute approximate surface area is 536 Å². The average Bonchev–Trinajstić information content (AvgIpc) is 1.55. The molecular weight excluding hydrogens is 1450 g/mol. The number of fused-ring (bicyclic) bond motifs is 12. The van der Waals surface area contributed by atoms with Crippen LogP contribution in [0.15, 0.2) is 257 Å². The first kappa shape index (κ1) is 54.6. The van der Waals surface area contributed by atoms with E-state index < -0.39 is 21.9 Å². The van der Waals surface area contributed by atoms with E-state index in [0.717, 1.165) is 100 Å². The van der Waals surface area contributed by atoms with Crippen molar-refractivity contribution in [1.29, 1.82) is 0 Å². The quantitative estimate of drug-likeness (QED) is 0.109. The van der Waals surface area contributed by atoms with Crippen LogP contribution in [-0.2, 0) is 64.0 Å². The van der Waals surface area contributed by atoms with Crippen LogP contribution in [0, 0.1) is 12.1 Å². The number of pyridine rings is 4. The Kier molecular flexibility index (Phi) is 12.9. The summed E-state index contributed by atoms with van der Waals surface area (Å²) in [6.45, 7) is 0. The molecule has 0 bridgehead atoms. The van der Waals surface area contributed by atoms with Crippen LogP contribution in [-0.4, -0.2) is 74.5 Å². The van der Waals surface area contributed by atoms with Crippen LogP contribution in [0.5, 0.6) is 0 Å². The molecule has 0 N–H and O–H groups in total. The Morgan fingerprint density at radius 2 is 0.670 bits per heavy atom. The van der Waals surface area contributed by atoms with Gasteiger partial charge in [0.1, 0.15) is 0 Å². The second-order valence-electron chi connectivity index (χ2n) is 22.3. The third-order valence-corrected chi connectivity index (χ3v) is 18.3. The fourth-order valence-corrected chi connectivity index (χ4v) is 15.0. The van der Waals surface area contributed by atoms with Gasteiger partial charge in [0.2, 0.25) is 35.9 Å². The van der Waals surface area contributed by atoms with Gasteiger partial charge in [-0.3, -0.25) is 19.9 Å². The molecular formula is C74H48N12Pt2+4. The van der Waals surface area contributed by atoms with E-state index in [2.05, 4.69) is 234 Å². The molecule has 2 aliphatic heterocycles. The van der Waals surface area contributed by atoms with E-state index in [9.17, 15) is 0 Å². The summed E-state index contributed by atoms with van der Waals surface area (Å²) in [4.78, 5) is 18.5. The second-order valence-corrected chi connectivity index (χ2v) is 22.3. The van der Waals surface area contributed by atoms with Gasteiger partial charge in [0, 0.05) is 72.1 Å². The summed E-state index contributed by atoms with van der Waals surface area (Å²) in [5.74, 6) is 0. The molecule has 420 valence electrons. The zero-order valence-electron chi connectivity index (χ0n) is 47.2. The van der Waals surface area contributed by atoms with Gasteiger partial charge in [-0.1, -0.05) is 139 Å². The van der Waals surface area contributed by atoms with E-state index in [-0.39, 0.29) is 42.1 Å². The molecule has 8 heterocycles. The van der Waals surface area contributed by atoms with E-state index in [4.69, 9.17) is 10.2 Å². The number of aromatic nitrogens is 8. The van der Waals surface area contributed by atoms with Crippen molar-refractivity contribution in [3.8, 4) is 44.5 Å². The zero-order chi connectivity index (χ0) is 57.2. The first-order valence-corrected chi connectivity index (χ1v) is 28.5. The predicted octanol–water partition coefficient (Wildman–Crippen LogP) is 11.2. The van der Waals surface area contributed by atoms with Crippen molar-refractivity contribution in [3.63, 3.8) is 0 Å². The number of hydrogen-bond acceptors (Lipinski definition) is 6. The van der Waals surface area contributed by atoms with E-state index in [1.54, 1.807) is 12.4 Å². The smallest absolute Gasteiger partial charge is 0.581 e. The minimum atomic E-state index is -0.744. The molecule has 88 heavy (non-hydrogen) atoms. The Morgan fingerprint density at radius 1 is 0.341 bits per heavy atom. The van der Waals surface area contributed by atoms with Crippen LogP contribution in [0.25, 0.3) is 44.5 Å². The summed E-state index contributed by atoms with van der Waals surface area (Å²) in [7, 11) is 4.00. The predicted molar refractivity (Wildman–Crippen MR) is 323 cm³/mol. The van der Waals surface area contributed by atoms with E-state index in [0.29, 0.717) is 0 Å². The third-order valence-electron chi connectivity index (χ3n) is 18.3. The number of benzene rings is 6. The minimum Gasteiger partial charge on any atom is -0.581 e. The Balaban J connectivity index is 0.000000144. The molecule has 0 spiro atoms. The van der Waals surface area contributed by atoms with Gasteiger partial charge in [-0.25, -0.2) is 0 Å². The number of nitrogens with zero attached hydrogens (tertiary/aromatic N) is 12. The molecule has 4 atom stereocenters. The SMILES string of the molecule is C[N+]1=C=[N+](C2(c3[c-]c(C4(c5cc[n-]n5)c5ccccc5-c5ccncc54)ccc3)c3ccccc3-c3ccncc32)C=C1.C[N+]1=C=[N+](C2(c3[c-]c(C4(c5cc[n-]n5)c5ccccc5-c5ccncc54)ccc3)c3ccccc3-c3ccncc32)C=C1.[Pt+2].[Pt+2]. The molecule has 0 saturated carbocycles. The van der Waals surface area contributed by atoms with Gasteiger partial charge in [0.05, 0.1) is 22.0 Å². The molecule has 18 rings (SSSR count). The van der Waals surface area contributed by atoms with Gasteiger partial charge in [0.15, 0.2) is 14.1 Å². The van der Waals surface area contributed by atoms with Crippen LogP contribution in [0.1, 0.15) is 78.1 Å². The molecule has 0 fully saturated rings. The van der Waals surface area contributed by atoms with Crippen LogP contribution < -0.4 is 10.2 Å². The minimum absolute atomic E-state index is 0. The fraction of sp³-hybridized carbons (Fsp3) is 0.0811. The van der Waals surface area contributed by atoms with E-state index in [1.807, 2.05) is 97.4 Å². The summed E-state index contributed by atoms with van der Waals surface area (Å²) in [6.07, 6.45) is 27.2. The van der Waals surface area contributed by atoms with Gasteiger partial charge in [-0.15, -0.1) is 11.1 Å². The van der Waals surface area contributed by atoms with E-state index >= 15 is 0 Å². The van der Waals surface area contributed by atoms with Gasteiger partial charge in [-0.05, 0) is 91.0 Å². The van der Waals surface area contributed by atoms with E-state index in [1.165, 1.54) is 22.3 Å². The molecule has 0 amide bonds. The summed E-state index contributed by atoms with van der Waals surface area (Å²) < 4.78 is 8.25. The van der Waals surface area contributed by atoms with Crippen LogP contribution in [0.3, 0.4) is 0 Å². The van der Waals surface area contributed by atoms with Crippen LogP contribution in [0.4, 0.5) is 0 Å². The standard InChI is InChI=1S/2C37H24N6.2Pt/c2*1-42-19-20-43(24-42)37(32-12-5-3-10-28(32)30-14-17-39-23-34(30)37)26-8-6-7-25(21-26)36(35-15-18-40-41-35)31-11-4-2-9-27(31)29-13-16-38-22-33(29)36;;/h2*2-20,22-23H,1H3;;/q;;2*+2. The second kappa shape index (κ2) is 20.8. The van der Waals surface area contributed by atoms with Gasteiger partial charge in [0.25, 0.3) is 0 Å². The number of hydrogen-bond donors (Lipinski definition) is 0. The Hall–Kier alpha value is -10.0. The van der Waals surface area contributed by atoms with Crippen molar-refractivity contribution in [2.45, 2.75) is 21.9 Å². The molecule has 6 aliphatic rings. The number of rotatable bonds is 8. The molecule has 0 saturated heterocycles. The summed E-state index contributed by atoms with van der Waals surface area (Å²) in [5.41, 5.74) is 20.9. The topological polar surface area (TPSA) is 118 Å². The summed E-state index contributed by atoms with van der Waals surface area (Å²) in [5, 5.41) is 18.0. The normalized spacial score (nSPS) is 20.2. The molecule has 4 aliphatic carbocycles. The maximum atomic E-state index is 4.70. The fourth-order valence-electron chi connectivity index (χ4n) is 15.0. The first-order chi connectivity index (χ1) is 42.5. The summed E-state index contributed by atoms with van der Waals surface area (Å²) in [6, 6.07) is 74.8. The molecule has 4 unspecified atom stereocenters. The Morgan fingerprint density at radius 3 is 1.03 bits per heavy atom. The molecule has 0 radical (unpaired) electrons. The third kappa shape index (κ3) is 7.29. The van der Waals surface area contributed by atoms with Crippen molar-refractivity contribution in [1.82, 2.24) is 40.3 Å². The van der Waals surface area contributed by atoms with Crippen LogP contribution in [0.2, 0.25) is 0 Å².